The van der Waals surface area contributed by atoms with Gasteiger partial charge in [0.15, 0.2) is 0 Å². The second-order valence-corrected chi connectivity index (χ2v) is 8.51. The zero-order valence-electron chi connectivity index (χ0n) is 19.8. The summed E-state index contributed by atoms with van der Waals surface area (Å²) < 4.78 is 8.36. The fraction of sp³-hybridized carbons (Fsp3) is 0.192. The van der Waals surface area contributed by atoms with Crippen molar-refractivity contribution in [3.63, 3.8) is 0 Å². The van der Waals surface area contributed by atoms with Crippen LogP contribution >= 0.6 is 11.6 Å². The fourth-order valence-electron chi connectivity index (χ4n) is 3.55. The molecule has 4 rings (SSSR count). The molecule has 0 fully saturated rings. The van der Waals surface area contributed by atoms with Crippen molar-refractivity contribution in [2.75, 3.05) is 5.32 Å². The molecule has 9 nitrogen and oxygen atoms in total. The molecular formula is C26H24ClN5O4. The Morgan fingerprint density at radius 3 is 2.39 bits per heavy atom. The lowest BCUT2D eigenvalue weighted by Gasteiger charge is -2.15. The molecule has 0 aliphatic heterocycles. The van der Waals surface area contributed by atoms with Gasteiger partial charge in [0.05, 0.1) is 12.2 Å². The van der Waals surface area contributed by atoms with E-state index in [1.165, 1.54) is 11.5 Å². The number of nitrogens with zero attached hydrogens (tertiary/aromatic N) is 4. The Morgan fingerprint density at radius 1 is 1.00 bits per heavy atom. The summed E-state index contributed by atoms with van der Waals surface area (Å²) >= 11 is 5.98. The van der Waals surface area contributed by atoms with Crippen molar-refractivity contribution in [3.8, 4) is 11.5 Å². The van der Waals surface area contributed by atoms with Crippen molar-refractivity contribution >= 4 is 29.0 Å². The maximum absolute atomic E-state index is 13.0. The van der Waals surface area contributed by atoms with Crippen LogP contribution in [0, 0.1) is 0 Å². The molecule has 0 aliphatic carbocycles. The van der Waals surface area contributed by atoms with Gasteiger partial charge in [0.2, 0.25) is 5.95 Å². The smallest absolute Gasteiger partial charge is 0.354 e. The van der Waals surface area contributed by atoms with E-state index in [2.05, 4.69) is 15.3 Å². The maximum Gasteiger partial charge on any atom is 0.354 e. The average Bonchev–Trinajstić information content (AvgIpc) is 2.84. The highest BCUT2D eigenvalue weighted by atomic mass is 35.5. The van der Waals surface area contributed by atoms with E-state index in [0.29, 0.717) is 27.9 Å². The summed E-state index contributed by atoms with van der Waals surface area (Å²) in [7, 11) is 0. The lowest BCUT2D eigenvalue weighted by molar-refractivity contribution is -0.116. The number of halogens is 1. The minimum absolute atomic E-state index is 0.0184. The number of Topliss-reactive ketones (excluding diaryl/α,β-unsaturated/α-hetero) is 1. The van der Waals surface area contributed by atoms with Crippen molar-refractivity contribution in [3.05, 3.63) is 104 Å². The van der Waals surface area contributed by atoms with Crippen LogP contribution in [0.2, 0.25) is 5.02 Å². The van der Waals surface area contributed by atoms with Gasteiger partial charge in [-0.3, -0.25) is 14.3 Å². The van der Waals surface area contributed by atoms with E-state index in [4.69, 9.17) is 16.3 Å². The lowest BCUT2D eigenvalue weighted by atomic mass is 10.2. The molecule has 2 aromatic heterocycles. The van der Waals surface area contributed by atoms with Crippen LogP contribution < -0.4 is 21.4 Å². The normalized spacial score (nSPS) is 10.8. The standard InChI is InChI=1S/C26H24ClN5O4/c1-3-31-25(34)30-24(32(26(31)35)16-18-4-6-19(27)7-5-18)29-20-8-10-22(11-9-20)36-23-12-13-28-21(15-23)14-17(2)33/h4-13,15H,3,14,16H2,1-2H3,(H,29,30,34). The molecule has 0 atom stereocenters. The quantitative estimate of drug-likeness (QED) is 0.363. The molecule has 0 amide bonds. The van der Waals surface area contributed by atoms with Crippen molar-refractivity contribution in [2.45, 2.75) is 33.4 Å². The van der Waals surface area contributed by atoms with Gasteiger partial charge in [0.25, 0.3) is 0 Å². The summed E-state index contributed by atoms with van der Waals surface area (Å²) in [6, 6.07) is 17.5. The SMILES string of the molecule is CCn1c(=O)nc(Nc2ccc(Oc3ccnc(CC(C)=O)c3)cc2)n(Cc2ccc(Cl)cc2)c1=O. The highest BCUT2D eigenvalue weighted by Gasteiger charge is 2.13. The number of hydrogen-bond acceptors (Lipinski definition) is 7. The molecular weight excluding hydrogens is 482 g/mol. The van der Waals surface area contributed by atoms with Gasteiger partial charge >= 0.3 is 11.4 Å². The number of nitrogens with one attached hydrogen (secondary N) is 1. The number of rotatable bonds is 9. The monoisotopic (exact) mass is 505 g/mol. The fourth-order valence-corrected chi connectivity index (χ4v) is 3.68. The summed E-state index contributed by atoms with van der Waals surface area (Å²) in [4.78, 5) is 45.1. The number of carbonyl (C=O) groups is 1. The Bertz CT molecular complexity index is 1500. The number of hydrogen-bond donors (Lipinski definition) is 1. The van der Waals surface area contributed by atoms with Gasteiger partial charge in [-0.15, -0.1) is 0 Å². The molecule has 0 aliphatic rings. The van der Waals surface area contributed by atoms with Gasteiger partial charge in [-0.05, 0) is 61.9 Å². The van der Waals surface area contributed by atoms with Crippen molar-refractivity contribution in [1.29, 1.82) is 0 Å². The van der Waals surface area contributed by atoms with Gasteiger partial charge in [-0.25, -0.2) is 14.2 Å². The second-order valence-electron chi connectivity index (χ2n) is 8.07. The van der Waals surface area contributed by atoms with Gasteiger partial charge in [0.1, 0.15) is 17.3 Å². The van der Waals surface area contributed by atoms with E-state index in [0.717, 1.165) is 10.1 Å². The van der Waals surface area contributed by atoms with Crippen LogP contribution in [-0.4, -0.2) is 24.9 Å². The van der Waals surface area contributed by atoms with E-state index in [9.17, 15) is 14.4 Å². The number of aromatic nitrogens is 4. The first kappa shape index (κ1) is 24.9. The molecule has 36 heavy (non-hydrogen) atoms. The molecule has 2 heterocycles. The molecule has 2 aromatic carbocycles. The highest BCUT2D eigenvalue weighted by Crippen LogP contribution is 2.24. The molecule has 4 aromatic rings. The summed E-state index contributed by atoms with van der Waals surface area (Å²) in [5.74, 6) is 1.27. The lowest BCUT2D eigenvalue weighted by Crippen LogP contribution is -2.42. The molecule has 0 radical (unpaired) electrons. The predicted molar refractivity (Wildman–Crippen MR) is 137 cm³/mol. The Hall–Kier alpha value is -4.24. The van der Waals surface area contributed by atoms with Crippen molar-refractivity contribution in [1.82, 2.24) is 19.1 Å². The van der Waals surface area contributed by atoms with Crippen LogP contribution in [-0.2, 0) is 24.3 Å². The average molecular weight is 506 g/mol. The van der Waals surface area contributed by atoms with Gasteiger partial charge in [-0.2, -0.15) is 4.98 Å². The number of ether oxygens (including phenoxy) is 1. The van der Waals surface area contributed by atoms with Crippen LogP contribution in [0.3, 0.4) is 0 Å². The van der Waals surface area contributed by atoms with Crippen LogP contribution in [0.4, 0.5) is 11.6 Å². The third-order valence-electron chi connectivity index (χ3n) is 5.28. The Labute approximate surface area is 212 Å². The second kappa shape index (κ2) is 11.0. The first-order chi connectivity index (χ1) is 17.3. The summed E-state index contributed by atoms with van der Waals surface area (Å²) in [5.41, 5.74) is 0.979. The first-order valence-electron chi connectivity index (χ1n) is 11.3. The molecule has 1 N–H and O–H groups in total. The summed E-state index contributed by atoms with van der Waals surface area (Å²) in [6.07, 6.45) is 1.83. The van der Waals surface area contributed by atoms with E-state index < -0.39 is 11.4 Å². The van der Waals surface area contributed by atoms with Crippen LogP contribution in [0.15, 0.2) is 76.4 Å². The first-order valence-corrected chi connectivity index (χ1v) is 11.7. The van der Waals surface area contributed by atoms with E-state index >= 15 is 0 Å². The van der Waals surface area contributed by atoms with Gasteiger partial charge in [0, 0.05) is 35.9 Å². The zero-order chi connectivity index (χ0) is 25.7. The number of anilines is 2. The van der Waals surface area contributed by atoms with Gasteiger partial charge < -0.3 is 10.1 Å². The third kappa shape index (κ3) is 6.05. The molecule has 0 spiro atoms. The minimum atomic E-state index is -0.628. The van der Waals surface area contributed by atoms with E-state index in [1.54, 1.807) is 61.7 Å². The van der Waals surface area contributed by atoms with Crippen LogP contribution in [0.25, 0.3) is 0 Å². The van der Waals surface area contributed by atoms with E-state index in [-0.39, 0.29) is 31.2 Å². The van der Waals surface area contributed by atoms with E-state index in [1.807, 2.05) is 12.1 Å². The largest absolute Gasteiger partial charge is 0.457 e. The summed E-state index contributed by atoms with van der Waals surface area (Å²) in [5, 5.41) is 3.66. The highest BCUT2D eigenvalue weighted by molar-refractivity contribution is 6.30. The molecule has 10 heteroatoms. The molecule has 0 saturated carbocycles. The summed E-state index contributed by atoms with van der Waals surface area (Å²) in [6.45, 7) is 3.64. The topological polar surface area (TPSA) is 108 Å². The predicted octanol–water partition coefficient (Wildman–Crippen LogP) is 4.19. The molecule has 184 valence electrons. The molecule has 0 unspecified atom stereocenters. The van der Waals surface area contributed by atoms with Crippen molar-refractivity contribution in [2.24, 2.45) is 0 Å². The Balaban J connectivity index is 1.57. The van der Waals surface area contributed by atoms with Crippen LogP contribution in [0.1, 0.15) is 25.1 Å². The van der Waals surface area contributed by atoms with Crippen molar-refractivity contribution < 1.29 is 9.53 Å². The Morgan fingerprint density at radius 2 is 1.72 bits per heavy atom. The Kier molecular flexibility index (Phi) is 7.60. The zero-order valence-corrected chi connectivity index (χ0v) is 20.5. The number of benzene rings is 2. The number of carbonyl (C=O) groups excluding carboxylic acids is 1. The molecule has 0 bridgehead atoms. The van der Waals surface area contributed by atoms with Gasteiger partial charge in [-0.1, -0.05) is 23.7 Å². The number of pyridine rings is 1. The molecule has 0 saturated heterocycles. The minimum Gasteiger partial charge on any atom is -0.457 e. The van der Waals surface area contributed by atoms with Crippen LogP contribution in [0.5, 0.6) is 11.5 Å². The number of ketones is 1. The maximum atomic E-state index is 13.0. The third-order valence-corrected chi connectivity index (χ3v) is 5.54.